The van der Waals surface area contributed by atoms with Gasteiger partial charge in [0.1, 0.15) is 5.82 Å². The van der Waals surface area contributed by atoms with Crippen LogP contribution in [0.4, 0.5) is 4.39 Å². The maximum Gasteiger partial charge on any atom is 0.228 e. The van der Waals surface area contributed by atoms with Crippen LogP contribution in [0.25, 0.3) is 0 Å². The van der Waals surface area contributed by atoms with E-state index >= 15 is 0 Å². The molecule has 0 aliphatic carbocycles. The molecule has 1 saturated heterocycles. The Labute approximate surface area is 120 Å². The fourth-order valence-corrected chi connectivity index (χ4v) is 2.67. The average molecular weight is 278 g/mol. The smallest absolute Gasteiger partial charge is 0.228 e. The molecule has 1 aliphatic rings. The van der Waals surface area contributed by atoms with E-state index in [0.29, 0.717) is 6.42 Å². The van der Waals surface area contributed by atoms with E-state index < -0.39 is 5.41 Å². The molecule has 1 N–H and O–H groups in total. The molecule has 0 aromatic heterocycles. The number of amides is 1. The third-order valence-electron chi connectivity index (χ3n) is 3.77. The van der Waals surface area contributed by atoms with Gasteiger partial charge < -0.3 is 10.2 Å². The van der Waals surface area contributed by atoms with Crippen molar-refractivity contribution >= 4 is 5.91 Å². The molecular formula is C16H23FN2O. The zero-order chi connectivity index (χ0) is 14.6. The maximum atomic E-state index is 12.9. The lowest BCUT2D eigenvalue weighted by atomic mass is 9.84. The second kappa shape index (κ2) is 6.35. The van der Waals surface area contributed by atoms with Gasteiger partial charge in [0.25, 0.3) is 0 Å². The van der Waals surface area contributed by atoms with Gasteiger partial charge in [-0.05, 0) is 37.1 Å². The van der Waals surface area contributed by atoms with Crippen LogP contribution in [0.15, 0.2) is 24.3 Å². The normalized spacial score (nSPS) is 16.9. The standard InChI is InChI=1S/C16H23FN2O/c1-16(2,12-13-4-6-14(17)7-5-13)15(20)19-10-3-8-18-9-11-19/h4-7,18H,3,8-12H2,1-2H3. The van der Waals surface area contributed by atoms with Crippen molar-refractivity contribution in [1.29, 1.82) is 0 Å². The van der Waals surface area contributed by atoms with E-state index in [1.54, 1.807) is 12.1 Å². The van der Waals surface area contributed by atoms with E-state index in [2.05, 4.69) is 5.32 Å². The summed E-state index contributed by atoms with van der Waals surface area (Å²) in [4.78, 5) is 14.6. The molecule has 0 bridgehead atoms. The van der Waals surface area contributed by atoms with E-state index in [-0.39, 0.29) is 11.7 Å². The highest BCUT2D eigenvalue weighted by Gasteiger charge is 2.32. The summed E-state index contributed by atoms with van der Waals surface area (Å²) in [6.07, 6.45) is 1.63. The number of nitrogens with zero attached hydrogens (tertiary/aromatic N) is 1. The molecule has 1 aromatic carbocycles. The third-order valence-corrected chi connectivity index (χ3v) is 3.77. The lowest BCUT2D eigenvalue weighted by Crippen LogP contribution is -2.43. The number of benzene rings is 1. The number of carbonyl (C=O) groups excluding carboxylic acids is 1. The summed E-state index contributed by atoms with van der Waals surface area (Å²) >= 11 is 0. The summed E-state index contributed by atoms with van der Waals surface area (Å²) in [6.45, 7) is 7.36. The fourth-order valence-electron chi connectivity index (χ4n) is 2.67. The van der Waals surface area contributed by atoms with Gasteiger partial charge in [0.2, 0.25) is 5.91 Å². The van der Waals surface area contributed by atoms with Crippen molar-refractivity contribution < 1.29 is 9.18 Å². The van der Waals surface area contributed by atoms with Gasteiger partial charge in [-0.25, -0.2) is 4.39 Å². The Morgan fingerprint density at radius 2 is 1.95 bits per heavy atom. The van der Waals surface area contributed by atoms with Gasteiger partial charge in [-0.15, -0.1) is 0 Å². The Hall–Kier alpha value is -1.42. The second-order valence-electron chi connectivity index (χ2n) is 6.08. The highest BCUT2D eigenvalue weighted by Crippen LogP contribution is 2.25. The minimum atomic E-state index is -0.456. The van der Waals surface area contributed by atoms with Crippen molar-refractivity contribution in [2.75, 3.05) is 26.2 Å². The summed E-state index contributed by atoms with van der Waals surface area (Å²) in [6, 6.07) is 6.42. The molecule has 3 nitrogen and oxygen atoms in total. The minimum absolute atomic E-state index is 0.186. The Bertz CT molecular complexity index is 448. The SMILES string of the molecule is CC(C)(Cc1ccc(F)cc1)C(=O)N1CCCNCC1. The second-order valence-corrected chi connectivity index (χ2v) is 6.08. The molecule has 1 aromatic rings. The summed E-state index contributed by atoms with van der Waals surface area (Å²) in [5, 5.41) is 3.30. The van der Waals surface area contributed by atoms with E-state index in [0.717, 1.165) is 38.2 Å². The summed E-state index contributed by atoms with van der Waals surface area (Å²) < 4.78 is 12.9. The van der Waals surface area contributed by atoms with Crippen LogP contribution >= 0.6 is 0 Å². The van der Waals surface area contributed by atoms with Crippen LogP contribution in [-0.2, 0) is 11.2 Å². The fraction of sp³-hybridized carbons (Fsp3) is 0.562. The van der Waals surface area contributed by atoms with E-state index in [9.17, 15) is 9.18 Å². The summed E-state index contributed by atoms with van der Waals surface area (Å²) in [5.41, 5.74) is 0.542. The molecule has 0 unspecified atom stereocenters. The molecule has 4 heteroatoms. The molecule has 0 saturated carbocycles. The van der Waals surface area contributed by atoms with Crippen LogP contribution in [0.1, 0.15) is 25.8 Å². The zero-order valence-corrected chi connectivity index (χ0v) is 12.3. The minimum Gasteiger partial charge on any atom is -0.341 e. The van der Waals surface area contributed by atoms with E-state index in [1.807, 2.05) is 18.7 Å². The topological polar surface area (TPSA) is 32.3 Å². The van der Waals surface area contributed by atoms with Crippen LogP contribution < -0.4 is 5.32 Å². The first kappa shape index (κ1) is 15.0. The summed E-state index contributed by atoms with van der Waals surface area (Å²) in [5.74, 6) is -0.0537. The molecule has 1 amide bonds. The summed E-state index contributed by atoms with van der Waals surface area (Å²) in [7, 11) is 0. The van der Waals surface area contributed by atoms with Crippen LogP contribution in [0.5, 0.6) is 0 Å². The van der Waals surface area contributed by atoms with Gasteiger partial charge in [-0.2, -0.15) is 0 Å². The maximum absolute atomic E-state index is 12.9. The largest absolute Gasteiger partial charge is 0.341 e. The van der Waals surface area contributed by atoms with Gasteiger partial charge >= 0.3 is 0 Å². The van der Waals surface area contributed by atoms with Gasteiger partial charge in [-0.3, -0.25) is 4.79 Å². The lowest BCUT2D eigenvalue weighted by molar-refractivity contribution is -0.140. The van der Waals surface area contributed by atoms with Gasteiger partial charge in [0.15, 0.2) is 0 Å². The molecule has 0 spiro atoms. The van der Waals surface area contributed by atoms with Crippen molar-refractivity contribution in [1.82, 2.24) is 10.2 Å². The molecule has 1 heterocycles. The molecule has 2 rings (SSSR count). The van der Waals surface area contributed by atoms with Crippen LogP contribution in [0.3, 0.4) is 0 Å². The molecule has 20 heavy (non-hydrogen) atoms. The average Bonchev–Trinajstić information content (AvgIpc) is 2.69. The third kappa shape index (κ3) is 3.79. The van der Waals surface area contributed by atoms with Crippen molar-refractivity contribution in [3.63, 3.8) is 0 Å². The molecular weight excluding hydrogens is 255 g/mol. The monoisotopic (exact) mass is 278 g/mol. The number of nitrogens with one attached hydrogen (secondary N) is 1. The van der Waals surface area contributed by atoms with Gasteiger partial charge in [0, 0.05) is 25.0 Å². The van der Waals surface area contributed by atoms with Crippen molar-refractivity contribution in [2.24, 2.45) is 5.41 Å². The molecule has 1 fully saturated rings. The lowest BCUT2D eigenvalue weighted by Gasteiger charge is -2.31. The number of carbonyl (C=O) groups is 1. The Morgan fingerprint density at radius 3 is 2.65 bits per heavy atom. The Morgan fingerprint density at radius 1 is 1.25 bits per heavy atom. The molecule has 110 valence electrons. The zero-order valence-electron chi connectivity index (χ0n) is 12.3. The number of hydrogen-bond acceptors (Lipinski definition) is 2. The van der Waals surface area contributed by atoms with Crippen LogP contribution in [-0.4, -0.2) is 37.0 Å². The quantitative estimate of drug-likeness (QED) is 0.919. The molecule has 0 atom stereocenters. The predicted octanol–water partition coefficient (Wildman–Crippen LogP) is 2.22. The van der Waals surface area contributed by atoms with E-state index in [1.165, 1.54) is 12.1 Å². The Balaban J connectivity index is 2.04. The molecule has 1 aliphatic heterocycles. The van der Waals surface area contributed by atoms with Gasteiger partial charge in [0.05, 0.1) is 0 Å². The van der Waals surface area contributed by atoms with E-state index in [4.69, 9.17) is 0 Å². The van der Waals surface area contributed by atoms with Crippen molar-refractivity contribution in [3.05, 3.63) is 35.6 Å². The first-order chi connectivity index (χ1) is 9.49. The number of rotatable bonds is 3. The van der Waals surface area contributed by atoms with Crippen LogP contribution in [0, 0.1) is 11.2 Å². The van der Waals surface area contributed by atoms with Crippen molar-refractivity contribution in [2.45, 2.75) is 26.7 Å². The number of hydrogen-bond donors (Lipinski definition) is 1. The first-order valence-corrected chi connectivity index (χ1v) is 7.23. The highest BCUT2D eigenvalue weighted by molar-refractivity contribution is 5.82. The predicted molar refractivity (Wildman–Crippen MR) is 78.0 cm³/mol. The molecule has 0 radical (unpaired) electrons. The van der Waals surface area contributed by atoms with Crippen molar-refractivity contribution in [3.8, 4) is 0 Å². The Kier molecular flexibility index (Phi) is 4.76. The number of halogens is 1. The van der Waals surface area contributed by atoms with Gasteiger partial charge in [-0.1, -0.05) is 26.0 Å². The first-order valence-electron chi connectivity index (χ1n) is 7.23. The van der Waals surface area contributed by atoms with Crippen LogP contribution in [0.2, 0.25) is 0 Å². The highest BCUT2D eigenvalue weighted by atomic mass is 19.1.